The molecule has 1 atom stereocenters. The van der Waals surface area contributed by atoms with Crippen LogP contribution in [-0.2, 0) is 4.79 Å². The average molecular weight is 178 g/mol. The van der Waals surface area contributed by atoms with Crippen LogP contribution in [0.3, 0.4) is 0 Å². The Morgan fingerprint density at radius 2 is 2.36 bits per heavy atom. The summed E-state index contributed by atoms with van der Waals surface area (Å²) in [5, 5.41) is 8.38. The van der Waals surface area contributed by atoms with Crippen molar-refractivity contribution in [2.24, 2.45) is 5.73 Å². The van der Waals surface area contributed by atoms with E-state index in [1.165, 1.54) is 23.3 Å². The van der Waals surface area contributed by atoms with Gasteiger partial charge >= 0.3 is 5.97 Å². The quantitative estimate of drug-likeness (QED) is 0.658. The van der Waals surface area contributed by atoms with Gasteiger partial charge in [-0.05, 0) is 0 Å². The molecule has 0 radical (unpaired) electrons. The molecule has 6 heteroatoms. The minimum absolute atomic E-state index is 0. The average Bonchev–Trinajstić information content (AvgIpc) is 2.36. The van der Waals surface area contributed by atoms with E-state index in [4.69, 9.17) is 10.8 Å². The Bertz CT molecular complexity index is 224. The maximum Gasteiger partial charge on any atom is 0.341 e. The zero-order chi connectivity index (χ0) is 7.56. The lowest BCUT2D eigenvalue weighted by Crippen LogP contribution is -2.26. The summed E-state index contributed by atoms with van der Waals surface area (Å²) in [5.41, 5.74) is 5.21. The molecule has 62 valence electrons. The normalized spacial score (nSPS) is 11.7. The van der Waals surface area contributed by atoms with E-state index >= 15 is 0 Å². The van der Waals surface area contributed by atoms with Gasteiger partial charge in [0.25, 0.3) is 0 Å². The molecule has 11 heavy (non-hydrogen) atoms. The number of carboxylic acid groups (broad SMARTS) is 1. The van der Waals surface area contributed by atoms with E-state index in [-0.39, 0.29) is 12.4 Å². The first-order valence-corrected chi connectivity index (χ1v) is 2.67. The Morgan fingerprint density at radius 1 is 1.73 bits per heavy atom. The molecule has 0 saturated heterocycles. The van der Waals surface area contributed by atoms with Gasteiger partial charge in [0.15, 0.2) is 6.17 Å². The number of nitrogens with zero attached hydrogens (tertiary/aromatic N) is 2. The van der Waals surface area contributed by atoms with Gasteiger partial charge in [-0.15, -0.1) is 12.4 Å². The van der Waals surface area contributed by atoms with Crippen molar-refractivity contribution >= 4 is 18.4 Å². The van der Waals surface area contributed by atoms with Crippen molar-refractivity contribution in [3.05, 3.63) is 18.7 Å². The summed E-state index contributed by atoms with van der Waals surface area (Å²) in [6, 6.07) is 0. The van der Waals surface area contributed by atoms with Crippen molar-refractivity contribution in [1.82, 2.24) is 9.55 Å². The molecule has 1 aromatic heterocycles. The first-order chi connectivity index (χ1) is 4.72. The number of hydrogen-bond acceptors (Lipinski definition) is 3. The summed E-state index contributed by atoms with van der Waals surface area (Å²) < 4.78 is 1.31. The summed E-state index contributed by atoms with van der Waals surface area (Å²) in [4.78, 5) is 13.9. The van der Waals surface area contributed by atoms with Crippen molar-refractivity contribution in [2.75, 3.05) is 0 Å². The Kier molecular flexibility index (Phi) is 3.56. The van der Waals surface area contributed by atoms with E-state index in [0.717, 1.165) is 0 Å². The van der Waals surface area contributed by atoms with Crippen molar-refractivity contribution in [3.63, 3.8) is 0 Å². The van der Waals surface area contributed by atoms with E-state index in [0.29, 0.717) is 0 Å². The topological polar surface area (TPSA) is 81.1 Å². The lowest BCUT2D eigenvalue weighted by Gasteiger charge is -2.05. The molecule has 1 rings (SSSR count). The van der Waals surface area contributed by atoms with Crippen LogP contribution in [0.1, 0.15) is 6.17 Å². The summed E-state index contributed by atoms with van der Waals surface area (Å²) in [6.45, 7) is 0. The predicted octanol–water partition coefficient (Wildman–Crippen LogP) is -0.153. The lowest BCUT2D eigenvalue weighted by molar-refractivity contribution is -0.140. The fourth-order valence-electron chi connectivity index (χ4n) is 0.562. The van der Waals surface area contributed by atoms with Gasteiger partial charge in [-0.1, -0.05) is 0 Å². The van der Waals surface area contributed by atoms with Gasteiger partial charge in [-0.2, -0.15) is 0 Å². The van der Waals surface area contributed by atoms with Crippen LogP contribution >= 0.6 is 12.4 Å². The van der Waals surface area contributed by atoms with Crippen LogP contribution in [0.4, 0.5) is 0 Å². The second-order valence-corrected chi connectivity index (χ2v) is 1.79. The highest BCUT2D eigenvalue weighted by Crippen LogP contribution is 1.95. The van der Waals surface area contributed by atoms with E-state index in [9.17, 15) is 4.79 Å². The van der Waals surface area contributed by atoms with Crippen molar-refractivity contribution in [2.45, 2.75) is 6.17 Å². The van der Waals surface area contributed by atoms with Crippen LogP contribution in [0.5, 0.6) is 0 Å². The number of aliphatic carboxylic acids is 1. The molecule has 0 amide bonds. The van der Waals surface area contributed by atoms with Crippen LogP contribution < -0.4 is 5.73 Å². The third-order valence-corrected chi connectivity index (χ3v) is 1.10. The van der Waals surface area contributed by atoms with Crippen molar-refractivity contribution in [1.29, 1.82) is 0 Å². The minimum atomic E-state index is -1.07. The third kappa shape index (κ3) is 2.21. The Labute approximate surface area is 69.2 Å². The van der Waals surface area contributed by atoms with Crippen molar-refractivity contribution < 1.29 is 9.90 Å². The van der Waals surface area contributed by atoms with Gasteiger partial charge in [0.2, 0.25) is 0 Å². The monoisotopic (exact) mass is 177 g/mol. The van der Waals surface area contributed by atoms with E-state index in [2.05, 4.69) is 4.98 Å². The highest BCUT2D eigenvalue weighted by atomic mass is 35.5. The van der Waals surface area contributed by atoms with E-state index < -0.39 is 12.1 Å². The molecular weight excluding hydrogens is 170 g/mol. The standard InChI is InChI=1S/C5H7N3O2.ClH/c6-4(5(9)10)8-2-1-7-3-8;/h1-4H,6H2,(H,9,10);1H. The summed E-state index contributed by atoms with van der Waals surface area (Å²) >= 11 is 0. The van der Waals surface area contributed by atoms with Gasteiger partial charge in [0.1, 0.15) is 0 Å². The third-order valence-electron chi connectivity index (χ3n) is 1.10. The predicted molar refractivity (Wildman–Crippen MR) is 40.3 cm³/mol. The van der Waals surface area contributed by atoms with Gasteiger partial charge in [0, 0.05) is 12.4 Å². The number of imidazole rings is 1. The first kappa shape index (κ1) is 9.93. The summed E-state index contributed by atoms with van der Waals surface area (Å²) in [5.74, 6) is -1.07. The molecule has 5 nitrogen and oxygen atoms in total. The van der Waals surface area contributed by atoms with E-state index in [1.807, 2.05) is 0 Å². The molecule has 0 spiro atoms. The Morgan fingerprint density at radius 3 is 2.73 bits per heavy atom. The zero-order valence-electron chi connectivity index (χ0n) is 5.54. The number of carboxylic acids is 1. The SMILES string of the molecule is Cl.NC(C(=O)O)n1ccnc1. The molecule has 0 fully saturated rings. The molecule has 0 saturated carbocycles. The molecular formula is C5H8ClN3O2. The highest BCUT2D eigenvalue weighted by Gasteiger charge is 2.11. The van der Waals surface area contributed by atoms with Crippen LogP contribution in [0.15, 0.2) is 18.7 Å². The number of aromatic nitrogens is 2. The largest absolute Gasteiger partial charge is 0.479 e. The van der Waals surface area contributed by atoms with Crippen LogP contribution in [-0.4, -0.2) is 20.6 Å². The molecule has 0 bridgehead atoms. The minimum Gasteiger partial charge on any atom is -0.479 e. The second-order valence-electron chi connectivity index (χ2n) is 1.79. The van der Waals surface area contributed by atoms with Gasteiger partial charge in [0.05, 0.1) is 6.33 Å². The van der Waals surface area contributed by atoms with E-state index in [1.54, 1.807) is 0 Å². The van der Waals surface area contributed by atoms with Crippen LogP contribution in [0, 0.1) is 0 Å². The first-order valence-electron chi connectivity index (χ1n) is 2.67. The lowest BCUT2D eigenvalue weighted by atomic mass is 10.5. The second kappa shape index (κ2) is 3.95. The molecule has 0 aliphatic heterocycles. The number of carbonyl (C=O) groups is 1. The highest BCUT2D eigenvalue weighted by molar-refractivity contribution is 5.85. The number of halogens is 1. The summed E-state index contributed by atoms with van der Waals surface area (Å²) in [6.07, 6.45) is 3.31. The number of nitrogens with two attached hydrogens (primary N) is 1. The molecule has 1 heterocycles. The van der Waals surface area contributed by atoms with Gasteiger partial charge < -0.3 is 15.4 Å². The van der Waals surface area contributed by atoms with Gasteiger partial charge in [-0.25, -0.2) is 9.78 Å². The maximum absolute atomic E-state index is 10.2. The smallest absolute Gasteiger partial charge is 0.341 e. The van der Waals surface area contributed by atoms with Crippen molar-refractivity contribution in [3.8, 4) is 0 Å². The fraction of sp³-hybridized carbons (Fsp3) is 0.200. The Balaban J connectivity index is 0.000001000. The van der Waals surface area contributed by atoms with Crippen LogP contribution in [0.25, 0.3) is 0 Å². The zero-order valence-corrected chi connectivity index (χ0v) is 6.36. The molecule has 0 aromatic carbocycles. The summed E-state index contributed by atoms with van der Waals surface area (Å²) in [7, 11) is 0. The number of hydrogen-bond donors (Lipinski definition) is 2. The maximum atomic E-state index is 10.2. The number of rotatable bonds is 2. The van der Waals surface area contributed by atoms with Crippen LogP contribution in [0.2, 0.25) is 0 Å². The molecule has 0 aliphatic rings. The Hall–Kier alpha value is -1.07. The molecule has 3 N–H and O–H groups in total. The fourth-order valence-corrected chi connectivity index (χ4v) is 0.562. The van der Waals surface area contributed by atoms with Gasteiger partial charge in [-0.3, -0.25) is 0 Å². The molecule has 1 aromatic rings. The molecule has 0 aliphatic carbocycles. The molecule has 1 unspecified atom stereocenters.